The number of hydrogen-bond acceptors (Lipinski definition) is 4. The molecule has 1 saturated heterocycles. The molecular formula is C15H26N4O2S. The second kappa shape index (κ2) is 6.29. The Morgan fingerprint density at radius 1 is 1.32 bits per heavy atom. The fraction of sp³-hybridized carbons (Fsp3) is 0.800. The minimum atomic E-state index is -3.08. The number of nitrogens with zero attached hydrogens (tertiary/aromatic N) is 3. The summed E-state index contributed by atoms with van der Waals surface area (Å²) in [5.41, 5.74) is 2.76. The number of aryl methyl sites for hydroxylation is 2. The van der Waals surface area contributed by atoms with Crippen molar-refractivity contribution in [2.45, 2.75) is 45.1 Å². The van der Waals surface area contributed by atoms with Crippen molar-refractivity contribution >= 4 is 10.0 Å². The Bertz CT molecular complexity index is 638. The third-order valence-corrected chi connectivity index (χ3v) is 5.48. The van der Waals surface area contributed by atoms with Crippen LogP contribution < -0.4 is 4.72 Å². The van der Waals surface area contributed by atoms with Crippen LogP contribution in [0.15, 0.2) is 0 Å². The maximum absolute atomic E-state index is 11.1. The van der Waals surface area contributed by atoms with Crippen molar-refractivity contribution in [1.29, 1.82) is 0 Å². The van der Waals surface area contributed by atoms with Crippen LogP contribution in [-0.2, 0) is 22.9 Å². The van der Waals surface area contributed by atoms with Crippen molar-refractivity contribution in [2.75, 3.05) is 32.4 Å². The summed E-state index contributed by atoms with van der Waals surface area (Å²) in [6.07, 6.45) is 7.15. The van der Waals surface area contributed by atoms with Gasteiger partial charge in [-0.05, 0) is 39.0 Å². The Hall–Kier alpha value is -0.920. The highest BCUT2D eigenvalue weighted by Crippen LogP contribution is 2.29. The first kappa shape index (κ1) is 16.0. The Labute approximate surface area is 133 Å². The molecule has 22 heavy (non-hydrogen) atoms. The molecule has 1 aromatic heterocycles. The number of sulfonamides is 1. The van der Waals surface area contributed by atoms with Crippen molar-refractivity contribution in [3.63, 3.8) is 0 Å². The molecule has 0 aromatic carbocycles. The second-order valence-electron chi connectivity index (χ2n) is 6.54. The fourth-order valence-corrected chi connectivity index (χ4v) is 4.26. The largest absolute Gasteiger partial charge is 0.328 e. The average Bonchev–Trinajstić information content (AvgIpc) is 3.00. The molecule has 3 rings (SSSR count). The van der Waals surface area contributed by atoms with E-state index in [4.69, 9.17) is 4.98 Å². The van der Waals surface area contributed by atoms with E-state index in [0.29, 0.717) is 12.6 Å². The Morgan fingerprint density at radius 2 is 2.09 bits per heavy atom. The van der Waals surface area contributed by atoms with E-state index < -0.39 is 10.0 Å². The zero-order valence-corrected chi connectivity index (χ0v) is 14.3. The summed E-state index contributed by atoms with van der Waals surface area (Å²) >= 11 is 0. The van der Waals surface area contributed by atoms with Gasteiger partial charge in [0, 0.05) is 37.9 Å². The van der Waals surface area contributed by atoms with Crippen LogP contribution in [0, 0.1) is 6.92 Å². The van der Waals surface area contributed by atoms with Crippen LogP contribution in [0.1, 0.15) is 42.5 Å². The quantitative estimate of drug-likeness (QED) is 0.872. The van der Waals surface area contributed by atoms with Crippen LogP contribution in [0.5, 0.6) is 0 Å². The van der Waals surface area contributed by atoms with E-state index in [1.54, 1.807) is 0 Å². The van der Waals surface area contributed by atoms with E-state index in [-0.39, 0.29) is 0 Å². The molecule has 1 fully saturated rings. The number of rotatable bonds is 5. The van der Waals surface area contributed by atoms with Crippen molar-refractivity contribution in [3.8, 4) is 0 Å². The minimum absolute atomic E-state index is 0.493. The lowest BCUT2D eigenvalue weighted by Gasteiger charge is -2.21. The SMILES string of the molecule is Cc1nc2c(n1[C@H]1CCN(CCNS(C)(=O)=O)C1)CCCC2. The van der Waals surface area contributed by atoms with E-state index in [1.165, 1.54) is 30.5 Å². The zero-order valence-electron chi connectivity index (χ0n) is 13.5. The summed E-state index contributed by atoms with van der Waals surface area (Å²) in [5, 5.41) is 0. The molecule has 0 unspecified atom stereocenters. The number of likely N-dealkylation sites (tertiary alicyclic amines) is 1. The number of nitrogens with one attached hydrogen (secondary N) is 1. The first-order chi connectivity index (χ1) is 10.4. The molecule has 7 heteroatoms. The van der Waals surface area contributed by atoms with Gasteiger partial charge in [-0.25, -0.2) is 18.1 Å². The number of hydrogen-bond donors (Lipinski definition) is 1. The van der Waals surface area contributed by atoms with Gasteiger partial charge in [0.2, 0.25) is 10.0 Å². The molecule has 0 radical (unpaired) electrons. The van der Waals surface area contributed by atoms with E-state index in [1.807, 2.05) is 0 Å². The Morgan fingerprint density at radius 3 is 2.86 bits per heavy atom. The smallest absolute Gasteiger partial charge is 0.208 e. The van der Waals surface area contributed by atoms with Crippen LogP contribution in [0.25, 0.3) is 0 Å². The molecule has 1 aliphatic carbocycles. The molecule has 0 saturated carbocycles. The normalized spacial score (nSPS) is 22.9. The van der Waals surface area contributed by atoms with Crippen LogP contribution in [-0.4, -0.2) is 55.3 Å². The molecule has 1 aromatic rings. The predicted octanol–water partition coefficient (Wildman–Crippen LogP) is 0.866. The predicted molar refractivity (Wildman–Crippen MR) is 86.5 cm³/mol. The first-order valence-corrected chi connectivity index (χ1v) is 10.1. The van der Waals surface area contributed by atoms with E-state index in [9.17, 15) is 8.42 Å². The number of imidazole rings is 1. The molecule has 124 valence electrons. The summed E-state index contributed by atoms with van der Waals surface area (Å²) < 4.78 is 27.3. The van der Waals surface area contributed by atoms with Crippen molar-refractivity contribution in [3.05, 3.63) is 17.2 Å². The second-order valence-corrected chi connectivity index (χ2v) is 8.37. The van der Waals surface area contributed by atoms with Gasteiger partial charge in [-0.15, -0.1) is 0 Å². The summed E-state index contributed by atoms with van der Waals surface area (Å²) in [7, 11) is -3.08. The van der Waals surface area contributed by atoms with Gasteiger partial charge in [0.25, 0.3) is 0 Å². The Kier molecular flexibility index (Phi) is 4.56. The van der Waals surface area contributed by atoms with E-state index >= 15 is 0 Å². The monoisotopic (exact) mass is 326 g/mol. The molecule has 0 spiro atoms. The molecule has 6 nitrogen and oxygen atoms in total. The van der Waals surface area contributed by atoms with Gasteiger partial charge >= 0.3 is 0 Å². The van der Waals surface area contributed by atoms with Gasteiger partial charge in [0.15, 0.2) is 0 Å². The van der Waals surface area contributed by atoms with E-state index in [0.717, 1.165) is 44.7 Å². The summed E-state index contributed by atoms with van der Waals surface area (Å²) in [6.45, 7) is 5.41. The zero-order chi connectivity index (χ0) is 15.7. The minimum Gasteiger partial charge on any atom is -0.328 e. The molecular weight excluding hydrogens is 300 g/mol. The molecule has 1 N–H and O–H groups in total. The lowest BCUT2D eigenvalue weighted by molar-refractivity contribution is 0.326. The maximum atomic E-state index is 11.1. The van der Waals surface area contributed by atoms with Crippen molar-refractivity contribution < 1.29 is 8.42 Å². The summed E-state index contributed by atoms with van der Waals surface area (Å²) in [6, 6.07) is 0.493. The van der Waals surface area contributed by atoms with Gasteiger partial charge in [0.1, 0.15) is 5.82 Å². The lowest BCUT2D eigenvalue weighted by Crippen LogP contribution is -2.33. The molecule has 0 amide bonds. The fourth-order valence-electron chi connectivity index (χ4n) is 3.80. The van der Waals surface area contributed by atoms with Gasteiger partial charge in [-0.3, -0.25) is 4.90 Å². The molecule has 0 bridgehead atoms. The maximum Gasteiger partial charge on any atom is 0.208 e. The third-order valence-electron chi connectivity index (χ3n) is 4.75. The van der Waals surface area contributed by atoms with E-state index in [2.05, 4.69) is 21.1 Å². The van der Waals surface area contributed by atoms with Crippen LogP contribution in [0.2, 0.25) is 0 Å². The highest BCUT2D eigenvalue weighted by Gasteiger charge is 2.28. The molecule has 1 atom stereocenters. The highest BCUT2D eigenvalue weighted by atomic mass is 32.2. The van der Waals surface area contributed by atoms with Crippen LogP contribution >= 0.6 is 0 Å². The summed E-state index contributed by atoms with van der Waals surface area (Å²) in [5.74, 6) is 1.15. The third kappa shape index (κ3) is 3.52. The summed E-state index contributed by atoms with van der Waals surface area (Å²) in [4.78, 5) is 7.11. The van der Waals surface area contributed by atoms with Crippen LogP contribution in [0.4, 0.5) is 0 Å². The first-order valence-electron chi connectivity index (χ1n) is 8.17. The van der Waals surface area contributed by atoms with Crippen molar-refractivity contribution in [2.24, 2.45) is 0 Å². The Balaban J connectivity index is 1.62. The van der Waals surface area contributed by atoms with Crippen molar-refractivity contribution in [1.82, 2.24) is 19.2 Å². The standard InChI is InChI=1S/C15H26N4O2S/c1-12-17-14-5-3-4-6-15(14)19(12)13-7-9-18(11-13)10-8-16-22(2,20)21/h13,16H,3-11H2,1-2H3/t13-/m0/s1. The average molecular weight is 326 g/mol. The number of aromatic nitrogens is 2. The van der Waals surface area contributed by atoms with Gasteiger partial charge in [0.05, 0.1) is 11.9 Å². The van der Waals surface area contributed by atoms with Gasteiger partial charge < -0.3 is 4.57 Å². The highest BCUT2D eigenvalue weighted by molar-refractivity contribution is 7.88. The van der Waals surface area contributed by atoms with Gasteiger partial charge in [-0.1, -0.05) is 0 Å². The van der Waals surface area contributed by atoms with Crippen LogP contribution in [0.3, 0.4) is 0 Å². The molecule has 2 aliphatic rings. The molecule has 2 heterocycles. The topological polar surface area (TPSA) is 67.2 Å². The number of fused-ring (bicyclic) bond motifs is 1. The lowest BCUT2D eigenvalue weighted by atomic mass is 10.0. The molecule has 1 aliphatic heterocycles. The van der Waals surface area contributed by atoms with Gasteiger partial charge in [-0.2, -0.15) is 0 Å².